The zero-order valence-electron chi connectivity index (χ0n) is 14.0. The van der Waals surface area contributed by atoms with Crippen LogP contribution in [-0.4, -0.2) is 11.0 Å². The number of pyridine rings is 1. The standard InChI is InChI=1S/C19H23Cl2NO2/c1-2-3-4-5-6-7-8-18(23)24-13-16-17(21)10-9-14-11-15(20)12-22-19(14)16/h9-12H,2-8,13H2,1H3. The van der Waals surface area contributed by atoms with Gasteiger partial charge in [0.1, 0.15) is 6.61 Å². The Morgan fingerprint density at radius 1 is 1.12 bits per heavy atom. The minimum Gasteiger partial charge on any atom is -0.461 e. The molecule has 0 aliphatic rings. The highest BCUT2D eigenvalue weighted by atomic mass is 35.5. The van der Waals surface area contributed by atoms with Gasteiger partial charge in [-0.15, -0.1) is 0 Å². The van der Waals surface area contributed by atoms with Gasteiger partial charge < -0.3 is 4.74 Å². The van der Waals surface area contributed by atoms with E-state index in [2.05, 4.69) is 11.9 Å². The van der Waals surface area contributed by atoms with Crippen molar-refractivity contribution < 1.29 is 9.53 Å². The summed E-state index contributed by atoms with van der Waals surface area (Å²) in [5.74, 6) is -0.187. The van der Waals surface area contributed by atoms with Crippen LogP contribution in [0.15, 0.2) is 24.4 Å². The maximum Gasteiger partial charge on any atom is 0.306 e. The molecule has 2 rings (SSSR count). The highest BCUT2D eigenvalue weighted by Gasteiger charge is 2.11. The molecule has 1 heterocycles. The summed E-state index contributed by atoms with van der Waals surface area (Å²) in [6, 6.07) is 5.46. The predicted octanol–water partition coefficient (Wildman–Crippen LogP) is 6.34. The van der Waals surface area contributed by atoms with Gasteiger partial charge in [0.2, 0.25) is 0 Å². The fourth-order valence-corrected chi connectivity index (χ4v) is 3.00. The zero-order chi connectivity index (χ0) is 17.4. The number of carbonyl (C=O) groups is 1. The van der Waals surface area contributed by atoms with Crippen LogP contribution >= 0.6 is 23.2 Å². The van der Waals surface area contributed by atoms with Gasteiger partial charge in [-0.05, 0) is 18.6 Å². The molecular weight excluding hydrogens is 345 g/mol. The minimum absolute atomic E-state index is 0.138. The number of fused-ring (bicyclic) bond motifs is 1. The Morgan fingerprint density at radius 2 is 1.88 bits per heavy atom. The van der Waals surface area contributed by atoms with Gasteiger partial charge in [0, 0.05) is 28.6 Å². The summed E-state index contributed by atoms with van der Waals surface area (Å²) < 4.78 is 5.38. The number of ether oxygens (including phenoxy) is 1. The monoisotopic (exact) mass is 367 g/mol. The molecular formula is C19H23Cl2NO2. The van der Waals surface area contributed by atoms with Crippen LogP contribution in [0.1, 0.15) is 57.4 Å². The SMILES string of the molecule is CCCCCCCCC(=O)OCc1c(Cl)ccc2cc(Cl)cnc12. The molecule has 3 nitrogen and oxygen atoms in total. The molecule has 0 N–H and O–H groups in total. The Morgan fingerprint density at radius 3 is 2.67 bits per heavy atom. The number of esters is 1. The first-order chi connectivity index (χ1) is 11.6. The van der Waals surface area contributed by atoms with Crippen molar-refractivity contribution in [3.8, 4) is 0 Å². The van der Waals surface area contributed by atoms with Crippen LogP contribution in [0.2, 0.25) is 10.0 Å². The summed E-state index contributed by atoms with van der Waals surface area (Å²) in [5.41, 5.74) is 1.45. The Labute approximate surface area is 153 Å². The second-order valence-corrected chi connectivity index (χ2v) is 6.77. The summed E-state index contributed by atoms with van der Waals surface area (Å²) in [5, 5.41) is 1.99. The Hall–Kier alpha value is -1.32. The first-order valence-corrected chi connectivity index (χ1v) is 9.25. The van der Waals surface area contributed by atoms with Gasteiger partial charge in [-0.3, -0.25) is 9.78 Å². The van der Waals surface area contributed by atoms with E-state index in [9.17, 15) is 4.79 Å². The van der Waals surface area contributed by atoms with E-state index in [0.717, 1.165) is 29.3 Å². The van der Waals surface area contributed by atoms with Crippen molar-refractivity contribution in [3.63, 3.8) is 0 Å². The number of aromatic nitrogens is 1. The highest BCUT2D eigenvalue weighted by molar-refractivity contribution is 6.33. The molecule has 0 radical (unpaired) electrons. The van der Waals surface area contributed by atoms with Gasteiger partial charge in [-0.1, -0.05) is 68.3 Å². The third-order valence-electron chi connectivity index (χ3n) is 3.98. The molecule has 0 aliphatic carbocycles. The second kappa shape index (κ2) is 9.85. The number of hydrogen-bond donors (Lipinski definition) is 0. The van der Waals surface area contributed by atoms with Gasteiger partial charge in [-0.25, -0.2) is 0 Å². The molecule has 0 fully saturated rings. The fraction of sp³-hybridized carbons (Fsp3) is 0.474. The molecule has 24 heavy (non-hydrogen) atoms. The lowest BCUT2D eigenvalue weighted by Gasteiger charge is -2.10. The van der Waals surface area contributed by atoms with Gasteiger partial charge in [-0.2, -0.15) is 0 Å². The molecule has 5 heteroatoms. The topological polar surface area (TPSA) is 39.2 Å². The van der Waals surface area contributed by atoms with E-state index in [1.807, 2.05) is 12.1 Å². The van der Waals surface area contributed by atoms with Crippen molar-refractivity contribution in [2.45, 2.75) is 58.5 Å². The number of halogens is 2. The van der Waals surface area contributed by atoms with Crippen LogP contribution in [0.5, 0.6) is 0 Å². The predicted molar refractivity (Wildman–Crippen MR) is 99.6 cm³/mol. The number of unbranched alkanes of at least 4 members (excludes halogenated alkanes) is 5. The fourth-order valence-electron chi connectivity index (χ4n) is 2.62. The zero-order valence-corrected chi connectivity index (χ0v) is 15.5. The first kappa shape index (κ1) is 19.0. The summed E-state index contributed by atoms with van der Waals surface area (Å²) in [6.45, 7) is 2.33. The first-order valence-electron chi connectivity index (χ1n) is 8.50. The van der Waals surface area contributed by atoms with E-state index in [0.29, 0.717) is 16.5 Å². The van der Waals surface area contributed by atoms with Crippen LogP contribution in [-0.2, 0) is 16.1 Å². The average Bonchev–Trinajstić information content (AvgIpc) is 2.57. The number of benzene rings is 1. The molecule has 0 bridgehead atoms. The van der Waals surface area contributed by atoms with Crippen molar-refractivity contribution in [2.24, 2.45) is 0 Å². The third-order valence-corrected chi connectivity index (χ3v) is 4.54. The van der Waals surface area contributed by atoms with Gasteiger partial charge >= 0.3 is 5.97 Å². The smallest absolute Gasteiger partial charge is 0.306 e. The Kier molecular flexibility index (Phi) is 7.80. The van der Waals surface area contributed by atoms with Gasteiger partial charge in [0.15, 0.2) is 0 Å². The number of carbonyl (C=O) groups excluding carboxylic acids is 1. The van der Waals surface area contributed by atoms with Crippen LogP contribution < -0.4 is 0 Å². The van der Waals surface area contributed by atoms with Crippen LogP contribution in [0.4, 0.5) is 0 Å². The lowest BCUT2D eigenvalue weighted by molar-refractivity contribution is -0.145. The number of hydrogen-bond acceptors (Lipinski definition) is 3. The molecule has 130 valence electrons. The minimum atomic E-state index is -0.187. The van der Waals surface area contributed by atoms with Crippen LogP contribution in [0, 0.1) is 0 Å². The van der Waals surface area contributed by atoms with E-state index in [-0.39, 0.29) is 12.6 Å². The van der Waals surface area contributed by atoms with E-state index in [1.54, 1.807) is 12.3 Å². The summed E-state index contributed by atoms with van der Waals surface area (Å²) in [4.78, 5) is 16.2. The summed E-state index contributed by atoms with van der Waals surface area (Å²) in [6.07, 6.45) is 8.89. The van der Waals surface area contributed by atoms with Crippen molar-refractivity contribution in [1.29, 1.82) is 0 Å². The quantitative estimate of drug-likeness (QED) is 0.383. The molecule has 0 unspecified atom stereocenters. The maximum atomic E-state index is 11.9. The summed E-state index contributed by atoms with van der Waals surface area (Å²) in [7, 11) is 0. The molecule has 0 amide bonds. The van der Waals surface area contributed by atoms with Gasteiger partial charge in [0.25, 0.3) is 0 Å². The van der Waals surface area contributed by atoms with E-state index in [4.69, 9.17) is 27.9 Å². The highest BCUT2D eigenvalue weighted by Crippen LogP contribution is 2.27. The van der Waals surface area contributed by atoms with Crippen LogP contribution in [0.25, 0.3) is 10.9 Å². The Balaban J connectivity index is 1.86. The Bertz CT molecular complexity index is 688. The largest absolute Gasteiger partial charge is 0.461 e. The molecule has 2 aromatic rings. The van der Waals surface area contributed by atoms with Crippen molar-refractivity contribution in [1.82, 2.24) is 4.98 Å². The lowest BCUT2D eigenvalue weighted by Crippen LogP contribution is -2.05. The second-order valence-electron chi connectivity index (χ2n) is 5.93. The lowest BCUT2D eigenvalue weighted by atomic mass is 10.1. The van der Waals surface area contributed by atoms with Crippen molar-refractivity contribution in [2.75, 3.05) is 0 Å². The van der Waals surface area contributed by atoms with Crippen LogP contribution in [0.3, 0.4) is 0 Å². The van der Waals surface area contributed by atoms with Crippen molar-refractivity contribution >= 4 is 40.1 Å². The maximum absolute atomic E-state index is 11.9. The number of nitrogens with zero attached hydrogens (tertiary/aromatic N) is 1. The summed E-state index contributed by atoms with van der Waals surface area (Å²) >= 11 is 12.2. The normalized spacial score (nSPS) is 11.0. The molecule has 0 spiro atoms. The molecule has 1 aromatic heterocycles. The third kappa shape index (κ3) is 5.64. The molecule has 0 saturated carbocycles. The molecule has 1 aromatic carbocycles. The molecule has 0 atom stereocenters. The van der Waals surface area contributed by atoms with E-state index >= 15 is 0 Å². The molecule has 0 aliphatic heterocycles. The van der Waals surface area contributed by atoms with E-state index in [1.165, 1.54) is 25.7 Å². The molecule has 0 saturated heterocycles. The average molecular weight is 368 g/mol. The van der Waals surface area contributed by atoms with Gasteiger partial charge in [0.05, 0.1) is 10.5 Å². The number of rotatable bonds is 9. The van der Waals surface area contributed by atoms with Crippen molar-refractivity contribution in [3.05, 3.63) is 40.0 Å². The van der Waals surface area contributed by atoms with E-state index < -0.39 is 0 Å².